The van der Waals surface area contributed by atoms with Crippen molar-refractivity contribution in [2.45, 2.75) is 25.7 Å². The Kier molecular flexibility index (Phi) is 5.20. The van der Waals surface area contributed by atoms with E-state index in [0.717, 1.165) is 11.1 Å². The van der Waals surface area contributed by atoms with Crippen LogP contribution in [0.15, 0.2) is 65.7 Å². The van der Waals surface area contributed by atoms with Crippen LogP contribution in [0, 0.1) is 26.0 Å². The number of aryl methyl sites for hydroxylation is 3. The molecule has 0 amide bonds. The number of nitrogens with zero attached hydrogens (tertiary/aromatic N) is 1. The molecule has 6 nitrogen and oxygen atoms in total. The van der Waals surface area contributed by atoms with Crippen LogP contribution in [0.5, 0.6) is 0 Å². The van der Waals surface area contributed by atoms with Crippen LogP contribution in [0.4, 0.5) is 5.69 Å². The summed E-state index contributed by atoms with van der Waals surface area (Å²) in [6.07, 6.45) is 1.19. The number of benzene rings is 2. The van der Waals surface area contributed by atoms with Gasteiger partial charge in [-0.1, -0.05) is 29.3 Å². The summed E-state index contributed by atoms with van der Waals surface area (Å²) in [6.45, 7) is 5.30. The molecule has 0 saturated carbocycles. The standard InChI is InChI=1S/C21H20N2O4S/c1-14-4-9-18(10-5-14)28(26,27)22-20-11-6-15(2)12-19(20)21(24)17-8-7-16(3)23(25)13-17/h4-13,22H,1-3H3. The van der Waals surface area contributed by atoms with Crippen molar-refractivity contribution in [3.63, 3.8) is 0 Å². The highest BCUT2D eigenvalue weighted by Crippen LogP contribution is 2.24. The molecule has 0 fully saturated rings. The van der Waals surface area contributed by atoms with Gasteiger partial charge in [0.2, 0.25) is 5.78 Å². The van der Waals surface area contributed by atoms with E-state index in [4.69, 9.17) is 0 Å². The number of nitrogens with one attached hydrogen (secondary N) is 1. The van der Waals surface area contributed by atoms with E-state index in [2.05, 4.69) is 4.72 Å². The molecule has 1 heterocycles. The largest absolute Gasteiger partial charge is 0.618 e. The first kappa shape index (κ1) is 19.6. The highest BCUT2D eigenvalue weighted by Gasteiger charge is 2.21. The van der Waals surface area contributed by atoms with E-state index in [1.54, 1.807) is 56.3 Å². The molecular formula is C21H20N2O4S. The van der Waals surface area contributed by atoms with Gasteiger partial charge in [0.05, 0.1) is 16.1 Å². The van der Waals surface area contributed by atoms with Crippen LogP contribution >= 0.6 is 0 Å². The topological polar surface area (TPSA) is 90.2 Å². The maximum absolute atomic E-state index is 13.0. The fraction of sp³-hybridized carbons (Fsp3) is 0.143. The van der Waals surface area contributed by atoms with Gasteiger partial charge >= 0.3 is 0 Å². The third kappa shape index (κ3) is 4.04. The molecule has 0 aliphatic carbocycles. The molecule has 0 aliphatic rings. The molecule has 1 aromatic heterocycles. The molecule has 0 atom stereocenters. The van der Waals surface area contributed by atoms with Crippen molar-refractivity contribution in [2.24, 2.45) is 0 Å². The van der Waals surface area contributed by atoms with Gasteiger partial charge in [-0.15, -0.1) is 0 Å². The number of aromatic nitrogens is 1. The van der Waals surface area contributed by atoms with Gasteiger partial charge in [0, 0.05) is 18.6 Å². The summed E-state index contributed by atoms with van der Waals surface area (Å²) in [5, 5.41) is 11.8. The van der Waals surface area contributed by atoms with E-state index < -0.39 is 15.8 Å². The summed E-state index contributed by atoms with van der Waals surface area (Å²) in [5.41, 5.74) is 2.72. The van der Waals surface area contributed by atoms with Crippen LogP contribution in [-0.4, -0.2) is 14.2 Å². The van der Waals surface area contributed by atoms with E-state index in [9.17, 15) is 18.4 Å². The van der Waals surface area contributed by atoms with Gasteiger partial charge in [0.15, 0.2) is 11.9 Å². The molecule has 3 rings (SSSR count). The van der Waals surface area contributed by atoms with Gasteiger partial charge in [-0.05, 0) is 44.2 Å². The normalized spacial score (nSPS) is 11.2. The molecule has 144 valence electrons. The molecule has 3 aromatic rings. The lowest BCUT2D eigenvalue weighted by Gasteiger charge is -2.13. The zero-order chi connectivity index (χ0) is 20.5. The predicted octanol–water partition coefficient (Wildman–Crippen LogP) is 3.28. The van der Waals surface area contributed by atoms with Gasteiger partial charge in [-0.3, -0.25) is 9.52 Å². The second kappa shape index (κ2) is 7.44. The van der Waals surface area contributed by atoms with Gasteiger partial charge in [-0.25, -0.2) is 8.42 Å². The van der Waals surface area contributed by atoms with Crippen molar-refractivity contribution in [1.82, 2.24) is 0 Å². The quantitative estimate of drug-likeness (QED) is 0.407. The Bertz CT molecular complexity index is 1150. The zero-order valence-corrected chi connectivity index (χ0v) is 16.6. The third-order valence-corrected chi connectivity index (χ3v) is 5.75. The summed E-state index contributed by atoms with van der Waals surface area (Å²) in [6, 6.07) is 14.4. The number of sulfonamides is 1. The molecule has 0 saturated heterocycles. The van der Waals surface area contributed by atoms with Crippen molar-refractivity contribution in [3.8, 4) is 0 Å². The van der Waals surface area contributed by atoms with E-state index in [1.165, 1.54) is 18.3 Å². The smallest absolute Gasteiger partial charge is 0.261 e. The lowest BCUT2D eigenvalue weighted by Crippen LogP contribution is -2.30. The van der Waals surface area contributed by atoms with Crippen LogP contribution in [0.3, 0.4) is 0 Å². The predicted molar refractivity (Wildman–Crippen MR) is 107 cm³/mol. The second-order valence-corrected chi connectivity index (χ2v) is 8.36. The van der Waals surface area contributed by atoms with E-state index in [1.807, 2.05) is 6.92 Å². The van der Waals surface area contributed by atoms with Crippen molar-refractivity contribution < 1.29 is 17.9 Å². The van der Waals surface area contributed by atoms with E-state index >= 15 is 0 Å². The fourth-order valence-corrected chi connectivity index (χ4v) is 3.78. The maximum Gasteiger partial charge on any atom is 0.261 e. The molecule has 0 radical (unpaired) electrons. The molecule has 0 spiro atoms. The number of rotatable bonds is 5. The molecule has 0 unspecified atom stereocenters. The van der Waals surface area contributed by atoms with E-state index in [0.29, 0.717) is 10.4 Å². The van der Waals surface area contributed by atoms with Crippen molar-refractivity contribution in [3.05, 3.63) is 93.9 Å². The number of carbonyl (C=O) groups excluding carboxylic acids is 1. The summed E-state index contributed by atoms with van der Waals surface area (Å²) in [7, 11) is -3.87. The first-order valence-corrected chi connectivity index (χ1v) is 10.1. The van der Waals surface area contributed by atoms with E-state index in [-0.39, 0.29) is 21.7 Å². The lowest BCUT2D eigenvalue weighted by molar-refractivity contribution is -0.612. The Morgan fingerprint density at radius 3 is 2.21 bits per heavy atom. The Morgan fingerprint density at radius 1 is 0.929 bits per heavy atom. The van der Waals surface area contributed by atoms with Gasteiger partial charge in [0.1, 0.15) is 0 Å². The SMILES string of the molecule is Cc1ccc(S(=O)(=O)Nc2ccc(C)cc2C(=O)c2ccc(C)[n+]([O-])c2)cc1. The van der Waals surface area contributed by atoms with Gasteiger partial charge in [0.25, 0.3) is 10.0 Å². The van der Waals surface area contributed by atoms with Crippen molar-refractivity contribution in [1.29, 1.82) is 0 Å². The number of carbonyl (C=O) groups is 1. The minimum atomic E-state index is -3.87. The third-order valence-electron chi connectivity index (χ3n) is 4.37. The fourth-order valence-electron chi connectivity index (χ4n) is 2.70. The Balaban J connectivity index is 2.02. The summed E-state index contributed by atoms with van der Waals surface area (Å²) < 4.78 is 28.6. The van der Waals surface area contributed by atoms with Crippen molar-refractivity contribution >= 4 is 21.5 Å². The van der Waals surface area contributed by atoms with Crippen LogP contribution in [0.1, 0.15) is 32.7 Å². The number of anilines is 1. The van der Waals surface area contributed by atoms with Crippen LogP contribution < -0.4 is 9.45 Å². The Labute approximate surface area is 164 Å². The van der Waals surface area contributed by atoms with Crippen LogP contribution in [-0.2, 0) is 10.0 Å². The summed E-state index contributed by atoms with van der Waals surface area (Å²) in [5.74, 6) is -0.435. The van der Waals surface area contributed by atoms with Crippen LogP contribution in [0.25, 0.3) is 0 Å². The summed E-state index contributed by atoms with van der Waals surface area (Å²) >= 11 is 0. The second-order valence-electron chi connectivity index (χ2n) is 6.68. The molecule has 1 N–H and O–H groups in total. The zero-order valence-electron chi connectivity index (χ0n) is 15.8. The number of hydrogen-bond donors (Lipinski definition) is 1. The highest BCUT2D eigenvalue weighted by molar-refractivity contribution is 7.92. The number of ketones is 1. The van der Waals surface area contributed by atoms with Gasteiger partial charge in [-0.2, -0.15) is 4.73 Å². The molecule has 28 heavy (non-hydrogen) atoms. The molecule has 0 aliphatic heterocycles. The average Bonchev–Trinajstić information content (AvgIpc) is 2.65. The minimum Gasteiger partial charge on any atom is -0.618 e. The average molecular weight is 396 g/mol. The maximum atomic E-state index is 13.0. The minimum absolute atomic E-state index is 0.102. The highest BCUT2D eigenvalue weighted by atomic mass is 32.2. The number of hydrogen-bond acceptors (Lipinski definition) is 4. The monoisotopic (exact) mass is 396 g/mol. The van der Waals surface area contributed by atoms with Crippen molar-refractivity contribution in [2.75, 3.05) is 4.72 Å². The number of pyridine rings is 1. The molecule has 7 heteroatoms. The van der Waals surface area contributed by atoms with Crippen LogP contribution in [0.2, 0.25) is 0 Å². The first-order valence-electron chi connectivity index (χ1n) is 8.62. The molecular weight excluding hydrogens is 376 g/mol. The first-order chi connectivity index (χ1) is 13.2. The Morgan fingerprint density at radius 2 is 1.57 bits per heavy atom. The Hall–Kier alpha value is -3.19. The molecule has 0 bridgehead atoms. The summed E-state index contributed by atoms with van der Waals surface area (Å²) in [4.78, 5) is 13.1. The van der Waals surface area contributed by atoms with Gasteiger partial charge < -0.3 is 5.21 Å². The lowest BCUT2D eigenvalue weighted by atomic mass is 10.0. The molecule has 2 aromatic carbocycles.